The van der Waals surface area contributed by atoms with E-state index in [9.17, 15) is 27.6 Å². The number of hydrogen-bond donors (Lipinski definition) is 1. The highest BCUT2D eigenvalue weighted by Gasteiger charge is 2.31. The van der Waals surface area contributed by atoms with E-state index in [1.54, 1.807) is 18.2 Å². The van der Waals surface area contributed by atoms with Crippen LogP contribution in [0.2, 0.25) is 0 Å². The quantitative estimate of drug-likeness (QED) is 0.621. The molecule has 0 saturated heterocycles. The van der Waals surface area contributed by atoms with Gasteiger partial charge < -0.3 is 20.1 Å². The van der Waals surface area contributed by atoms with Crippen LogP contribution in [0.3, 0.4) is 0 Å². The van der Waals surface area contributed by atoms with E-state index in [0.717, 1.165) is 17.0 Å². The first-order chi connectivity index (χ1) is 15.0. The Morgan fingerprint density at radius 3 is 2.25 bits per heavy atom. The monoisotopic (exact) mass is 452 g/mol. The molecule has 0 fully saturated rings. The van der Waals surface area contributed by atoms with Gasteiger partial charge in [0.25, 0.3) is 0 Å². The molecule has 32 heavy (non-hydrogen) atoms. The smallest absolute Gasteiger partial charge is 0.416 e. The van der Waals surface area contributed by atoms with E-state index in [0.29, 0.717) is 22.4 Å². The number of ether oxygens (including phenoxy) is 2. The van der Waals surface area contributed by atoms with Crippen molar-refractivity contribution in [2.75, 3.05) is 20.8 Å². The molecule has 0 unspecified atom stereocenters. The molecule has 0 aliphatic rings. The van der Waals surface area contributed by atoms with Crippen molar-refractivity contribution in [2.24, 2.45) is 5.73 Å². The Hall–Kier alpha value is -3.56. The zero-order valence-corrected chi connectivity index (χ0v) is 17.8. The summed E-state index contributed by atoms with van der Waals surface area (Å²) in [5.41, 5.74) is 5.71. The zero-order valence-electron chi connectivity index (χ0n) is 17.8. The number of halogens is 3. The molecular weight excluding hydrogens is 429 g/mol. The van der Waals surface area contributed by atoms with Crippen LogP contribution in [0.5, 0.6) is 5.75 Å². The molecule has 0 atom stereocenters. The molecule has 0 aliphatic carbocycles. The molecule has 2 amide bonds. The van der Waals surface area contributed by atoms with Gasteiger partial charge in [-0.25, -0.2) is 0 Å². The number of carbonyl (C=O) groups excluding carboxylic acids is 3. The topological polar surface area (TPSA) is 98.9 Å². The molecule has 0 bridgehead atoms. The van der Waals surface area contributed by atoms with Crippen LogP contribution in [0.4, 0.5) is 13.2 Å². The van der Waals surface area contributed by atoms with E-state index >= 15 is 0 Å². The lowest BCUT2D eigenvalue weighted by Crippen LogP contribution is -2.36. The summed E-state index contributed by atoms with van der Waals surface area (Å²) in [7, 11) is 2.65. The number of methoxy groups -OCH3 is 2. The maximum absolute atomic E-state index is 13.4. The van der Waals surface area contributed by atoms with Crippen molar-refractivity contribution in [2.45, 2.75) is 26.1 Å². The first-order valence-electron chi connectivity index (χ1n) is 9.44. The number of hydrogen-bond acceptors (Lipinski definition) is 5. The summed E-state index contributed by atoms with van der Waals surface area (Å²) in [5.74, 6) is -1.47. The highest BCUT2D eigenvalue weighted by atomic mass is 19.4. The lowest BCUT2D eigenvalue weighted by atomic mass is 9.94. The Labute approximate surface area is 182 Å². The van der Waals surface area contributed by atoms with E-state index in [-0.39, 0.29) is 18.5 Å². The number of benzene rings is 2. The SMILES string of the molecule is COC(=O)Cc1ccc(OC)c(-c2ccc(C(F)(F)F)cc2CN(CC(N)=O)C(C)=O)c1. The lowest BCUT2D eigenvalue weighted by Gasteiger charge is -2.23. The molecule has 0 aromatic heterocycles. The fourth-order valence-electron chi connectivity index (χ4n) is 3.15. The molecule has 2 rings (SSSR count). The van der Waals surface area contributed by atoms with E-state index in [4.69, 9.17) is 10.5 Å². The van der Waals surface area contributed by atoms with Gasteiger partial charge >= 0.3 is 12.1 Å². The average Bonchev–Trinajstić information content (AvgIpc) is 2.72. The van der Waals surface area contributed by atoms with Crippen LogP contribution in [0.25, 0.3) is 11.1 Å². The summed E-state index contributed by atoms with van der Waals surface area (Å²) in [4.78, 5) is 36.0. The van der Waals surface area contributed by atoms with Gasteiger partial charge in [0.1, 0.15) is 5.75 Å². The molecule has 2 N–H and O–H groups in total. The van der Waals surface area contributed by atoms with Gasteiger partial charge in [0, 0.05) is 19.0 Å². The first-order valence-corrected chi connectivity index (χ1v) is 9.44. The molecule has 10 heteroatoms. The summed E-state index contributed by atoms with van der Waals surface area (Å²) in [6, 6.07) is 7.92. The Kier molecular flexibility index (Phi) is 7.85. The third-order valence-electron chi connectivity index (χ3n) is 4.72. The van der Waals surface area contributed by atoms with Crippen molar-refractivity contribution in [1.29, 1.82) is 0 Å². The minimum Gasteiger partial charge on any atom is -0.496 e. The Morgan fingerprint density at radius 2 is 1.72 bits per heavy atom. The second kappa shape index (κ2) is 10.2. The van der Waals surface area contributed by atoms with Crippen LogP contribution in [-0.2, 0) is 38.3 Å². The van der Waals surface area contributed by atoms with Gasteiger partial charge in [0.2, 0.25) is 11.8 Å². The number of amides is 2. The minimum absolute atomic E-state index is 0.0509. The standard InChI is InChI=1S/C22H23F3N2O5/c1-13(28)27(12-20(26)29)11-15-10-16(22(23,24)25)5-6-17(15)18-8-14(9-21(30)32-3)4-7-19(18)31-2/h4-8,10H,9,11-12H2,1-3H3,(H2,26,29). The number of rotatable bonds is 8. The van der Waals surface area contributed by atoms with Crippen LogP contribution in [0, 0.1) is 0 Å². The molecule has 7 nitrogen and oxygen atoms in total. The largest absolute Gasteiger partial charge is 0.496 e. The van der Waals surface area contributed by atoms with Crippen molar-refractivity contribution in [1.82, 2.24) is 4.90 Å². The van der Waals surface area contributed by atoms with Crippen LogP contribution in [0.1, 0.15) is 23.6 Å². The van der Waals surface area contributed by atoms with Crippen LogP contribution in [0.15, 0.2) is 36.4 Å². The van der Waals surface area contributed by atoms with Crippen molar-refractivity contribution >= 4 is 17.8 Å². The van der Waals surface area contributed by atoms with Crippen molar-refractivity contribution in [3.05, 3.63) is 53.1 Å². The summed E-state index contributed by atoms with van der Waals surface area (Å²) in [6.07, 6.45) is -4.67. The highest BCUT2D eigenvalue weighted by molar-refractivity contribution is 5.83. The van der Waals surface area contributed by atoms with E-state index in [1.165, 1.54) is 27.2 Å². The van der Waals surface area contributed by atoms with Crippen molar-refractivity contribution < 1.29 is 37.0 Å². The number of esters is 1. The van der Waals surface area contributed by atoms with E-state index < -0.39 is 36.1 Å². The third kappa shape index (κ3) is 6.22. The summed E-state index contributed by atoms with van der Waals surface area (Å²) < 4.78 is 50.1. The normalized spacial score (nSPS) is 11.1. The second-order valence-electron chi connectivity index (χ2n) is 7.00. The Bertz CT molecular complexity index is 1020. The van der Waals surface area contributed by atoms with E-state index in [1.807, 2.05) is 0 Å². The summed E-state index contributed by atoms with van der Waals surface area (Å²) in [6.45, 7) is 0.445. The van der Waals surface area contributed by atoms with Crippen LogP contribution < -0.4 is 10.5 Å². The molecule has 0 radical (unpaired) electrons. The summed E-state index contributed by atoms with van der Waals surface area (Å²) in [5, 5.41) is 0. The minimum atomic E-state index is -4.62. The molecule has 2 aromatic rings. The van der Waals surface area contributed by atoms with Gasteiger partial charge in [-0.3, -0.25) is 14.4 Å². The van der Waals surface area contributed by atoms with Gasteiger partial charge in [-0.2, -0.15) is 13.2 Å². The third-order valence-corrected chi connectivity index (χ3v) is 4.72. The highest BCUT2D eigenvalue weighted by Crippen LogP contribution is 2.38. The molecule has 2 aromatic carbocycles. The first kappa shape index (κ1) is 24.7. The summed E-state index contributed by atoms with van der Waals surface area (Å²) >= 11 is 0. The molecule has 0 aliphatic heterocycles. The fourth-order valence-corrected chi connectivity index (χ4v) is 3.15. The zero-order chi connectivity index (χ0) is 24.1. The second-order valence-corrected chi connectivity index (χ2v) is 7.00. The van der Waals surface area contributed by atoms with Gasteiger partial charge in [0.15, 0.2) is 0 Å². The molecule has 0 heterocycles. The van der Waals surface area contributed by atoms with Crippen LogP contribution in [-0.4, -0.2) is 43.4 Å². The molecular formula is C22H23F3N2O5. The Morgan fingerprint density at radius 1 is 1.03 bits per heavy atom. The fraction of sp³-hybridized carbons (Fsp3) is 0.318. The van der Waals surface area contributed by atoms with Gasteiger partial charge in [-0.05, 0) is 41.0 Å². The lowest BCUT2D eigenvalue weighted by molar-refractivity contribution is -0.140. The van der Waals surface area contributed by atoms with Gasteiger partial charge in [0.05, 0.1) is 32.7 Å². The van der Waals surface area contributed by atoms with Crippen molar-refractivity contribution in [3.8, 4) is 16.9 Å². The van der Waals surface area contributed by atoms with E-state index in [2.05, 4.69) is 4.74 Å². The Balaban J connectivity index is 2.66. The number of nitrogens with two attached hydrogens (primary N) is 1. The number of alkyl halides is 3. The predicted molar refractivity (Wildman–Crippen MR) is 109 cm³/mol. The molecule has 172 valence electrons. The van der Waals surface area contributed by atoms with Crippen LogP contribution >= 0.6 is 0 Å². The molecule has 0 spiro atoms. The van der Waals surface area contributed by atoms with Gasteiger partial charge in [-0.15, -0.1) is 0 Å². The van der Waals surface area contributed by atoms with Crippen molar-refractivity contribution in [3.63, 3.8) is 0 Å². The number of primary amides is 1. The maximum Gasteiger partial charge on any atom is 0.416 e. The predicted octanol–water partition coefficient (Wildman–Crippen LogP) is 2.93. The number of carbonyl (C=O) groups is 3. The molecule has 0 saturated carbocycles. The van der Waals surface area contributed by atoms with Gasteiger partial charge in [-0.1, -0.05) is 12.1 Å². The average molecular weight is 452 g/mol. The number of nitrogens with zero attached hydrogens (tertiary/aromatic N) is 1. The maximum atomic E-state index is 13.4.